The summed E-state index contributed by atoms with van der Waals surface area (Å²) in [6, 6.07) is 5.87. The highest BCUT2D eigenvalue weighted by atomic mass is 35.5. The van der Waals surface area contributed by atoms with Crippen LogP contribution in [0.4, 0.5) is 0 Å². The number of halogens is 1. The lowest BCUT2D eigenvalue weighted by Crippen LogP contribution is -2.31. The maximum Gasteiger partial charge on any atom is 0.213 e. The van der Waals surface area contributed by atoms with E-state index in [2.05, 4.69) is 10.3 Å². The van der Waals surface area contributed by atoms with Crippen molar-refractivity contribution in [1.82, 2.24) is 10.3 Å². The Balaban J connectivity index is 1.78. The van der Waals surface area contributed by atoms with Crippen LogP contribution in [-0.4, -0.2) is 24.5 Å². The SMILES string of the molecule is COc1cccc(CNCC2CCCCC2CCl)n1. The van der Waals surface area contributed by atoms with Crippen LogP contribution in [0.25, 0.3) is 0 Å². The third-order valence-corrected chi connectivity index (χ3v) is 4.36. The summed E-state index contributed by atoms with van der Waals surface area (Å²) in [5.41, 5.74) is 1.03. The zero-order valence-corrected chi connectivity index (χ0v) is 12.3. The van der Waals surface area contributed by atoms with Crippen LogP contribution in [0.3, 0.4) is 0 Å². The van der Waals surface area contributed by atoms with E-state index in [9.17, 15) is 0 Å². The van der Waals surface area contributed by atoms with Crippen molar-refractivity contribution in [2.24, 2.45) is 11.8 Å². The number of nitrogens with zero attached hydrogens (tertiary/aromatic N) is 1. The highest BCUT2D eigenvalue weighted by molar-refractivity contribution is 6.18. The van der Waals surface area contributed by atoms with Gasteiger partial charge >= 0.3 is 0 Å². The van der Waals surface area contributed by atoms with Crippen LogP contribution < -0.4 is 10.1 Å². The number of alkyl halides is 1. The summed E-state index contributed by atoms with van der Waals surface area (Å²) in [6.07, 6.45) is 5.27. The highest BCUT2D eigenvalue weighted by Crippen LogP contribution is 2.30. The molecule has 1 aromatic heterocycles. The molecule has 2 unspecified atom stereocenters. The lowest BCUT2D eigenvalue weighted by Gasteiger charge is -2.30. The third kappa shape index (κ3) is 4.36. The third-order valence-electron chi connectivity index (χ3n) is 3.97. The first kappa shape index (κ1) is 14.6. The summed E-state index contributed by atoms with van der Waals surface area (Å²) in [4.78, 5) is 4.40. The van der Waals surface area contributed by atoms with Gasteiger partial charge in [-0.25, -0.2) is 4.98 Å². The van der Waals surface area contributed by atoms with Crippen LogP contribution in [0.15, 0.2) is 18.2 Å². The van der Waals surface area contributed by atoms with Crippen LogP contribution in [0.2, 0.25) is 0 Å². The fourth-order valence-electron chi connectivity index (χ4n) is 2.81. The molecule has 3 nitrogen and oxygen atoms in total. The number of methoxy groups -OCH3 is 1. The number of hydrogen-bond acceptors (Lipinski definition) is 3. The lowest BCUT2D eigenvalue weighted by atomic mass is 9.80. The van der Waals surface area contributed by atoms with E-state index in [1.54, 1.807) is 7.11 Å². The number of pyridine rings is 1. The topological polar surface area (TPSA) is 34.1 Å². The molecular weight excluding hydrogens is 260 g/mol. The Morgan fingerprint density at radius 2 is 2.11 bits per heavy atom. The lowest BCUT2D eigenvalue weighted by molar-refractivity contribution is 0.250. The van der Waals surface area contributed by atoms with Gasteiger partial charge in [0.2, 0.25) is 5.88 Å². The minimum atomic E-state index is 0.676. The number of nitrogens with one attached hydrogen (secondary N) is 1. The van der Waals surface area contributed by atoms with Crippen LogP contribution in [0, 0.1) is 11.8 Å². The fourth-order valence-corrected chi connectivity index (χ4v) is 3.22. The fraction of sp³-hybridized carbons (Fsp3) is 0.667. The zero-order valence-electron chi connectivity index (χ0n) is 11.6. The van der Waals surface area contributed by atoms with Gasteiger partial charge in [-0.05, 0) is 37.3 Å². The predicted octanol–water partition coefficient (Wildman–Crippen LogP) is 3.23. The van der Waals surface area contributed by atoms with Crippen LogP contribution >= 0.6 is 11.6 Å². The molecule has 1 aliphatic rings. The molecule has 0 aliphatic heterocycles. The molecule has 2 atom stereocenters. The molecule has 0 aromatic carbocycles. The van der Waals surface area contributed by atoms with Gasteiger partial charge in [0.1, 0.15) is 0 Å². The van der Waals surface area contributed by atoms with Crippen molar-refractivity contribution in [3.63, 3.8) is 0 Å². The van der Waals surface area contributed by atoms with Crippen molar-refractivity contribution >= 4 is 11.6 Å². The second-order valence-corrected chi connectivity index (χ2v) is 5.57. The highest BCUT2D eigenvalue weighted by Gasteiger charge is 2.23. The van der Waals surface area contributed by atoms with Gasteiger partial charge in [0.25, 0.3) is 0 Å². The van der Waals surface area contributed by atoms with E-state index in [0.29, 0.717) is 11.8 Å². The summed E-state index contributed by atoms with van der Waals surface area (Å²) < 4.78 is 5.13. The van der Waals surface area contributed by atoms with E-state index in [0.717, 1.165) is 30.6 Å². The van der Waals surface area contributed by atoms with Gasteiger partial charge in [0.15, 0.2) is 0 Å². The molecule has 2 rings (SSSR count). The summed E-state index contributed by atoms with van der Waals surface area (Å²) >= 11 is 6.05. The Morgan fingerprint density at radius 3 is 2.84 bits per heavy atom. The maximum absolute atomic E-state index is 6.05. The predicted molar refractivity (Wildman–Crippen MR) is 78.7 cm³/mol. The molecule has 1 aliphatic carbocycles. The van der Waals surface area contributed by atoms with Gasteiger partial charge in [-0.3, -0.25) is 0 Å². The van der Waals surface area contributed by atoms with Gasteiger partial charge in [-0.2, -0.15) is 0 Å². The largest absolute Gasteiger partial charge is 0.481 e. The smallest absolute Gasteiger partial charge is 0.213 e. The average molecular weight is 283 g/mol. The molecule has 1 aromatic rings. The molecule has 0 radical (unpaired) electrons. The number of rotatable bonds is 6. The summed E-state index contributed by atoms with van der Waals surface area (Å²) in [5.74, 6) is 2.87. The number of aromatic nitrogens is 1. The van der Waals surface area contributed by atoms with E-state index in [4.69, 9.17) is 16.3 Å². The molecule has 1 N–H and O–H groups in total. The van der Waals surface area contributed by atoms with Crippen LogP contribution in [0.5, 0.6) is 5.88 Å². The molecule has 4 heteroatoms. The van der Waals surface area contributed by atoms with Gasteiger partial charge < -0.3 is 10.1 Å². The van der Waals surface area contributed by atoms with Crippen LogP contribution in [-0.2, 0) is 6.54 Å². The molecule has 1 saturated carbocycles. The van der Waals surface area contributed by atoms with Crippen molar-refractivity contribution in [1.29, 1.82) is 0 Å². The van der Waals surface area contributed by atoms with E-state index in [-0.39, 0.29) is 0 Å². The van der Waals surface area contributed by atoms with Crippen molar-refractivity contribution in [3.05, 3.63) is 23.9 Å². The molecule has 0 saturated heterocycles. The summed E-state index contributed by atoms with van der Waals surface area (Å²) in [7, 11) is 1.65. The van der Waals surface area contributed by atoms with Crippen LogP contribution in [0.1, 0.15) is 31.4 Å². The quantitative estimate of drug-likeness (QED) is 0.814. The van der Waals surface area contributed by atoms with Crippen molar-refractivity contribution in [3.8, 4) is 5.88 Å². The monoisotopic (exact) mass is 282 g/mol. The molecule has 106 valence electrons. The molecule has 19 heavy (non-hydrogen) atoms. The second kappa shape index (κ2) is 7.71. The summed E-state index contributed by atoms with van der Waals surface area (Å²) in [6.45, 7) is 1.83. The second-order valence-electron chi connectivity index (χ2n) is 5.26. The first-order chi connectivity index (χ1) is 9.33. The maximum atomic E-state index is 6.05. The first-order valence-corrected chi connectivity index (χ1v) is 7.63. The van der Waals surface area contributed by atoms with E-state index in [1.807, 2.05) is 18.2 Å². The molecule has 1 fully saturated rings. The van der Waals surface area contributed by atoms with Crippen molar-refractivity contribution in [2.75, 3.05) is 19.5 Å². The Kier molecular flexibility index (Phi) is 5.93. The molecular formula is C15H23ClN2O. The Bertz CT molecular complexity index is 386. The zero-order chi connectivity index (χ0) is 13.5. The standard InChI is InChI=1S/C15H23ClN2O/c1-19-15-8-4-7-14(18-15)11-17-10-13-6-3-2-5-12(13)9-16/h4,7-8,12-13,17H,2-3,5-6,9-11H2,1H3. The minimum absolute atomic E-state index is 0.676. The van der Waals surface area contributed by atoms with E-state index < -0.39 is 0 Å². The summed E-state index contributed by atoms with van der Waals surface area (Å²) in [5, 5.41) is 3.51. The normalized spacial score (nSPS) is 23.3. The Labute approximate surface area is 120 Å². The Hall–Kier alpha value is -0.800. The number of ether oxygens (including phenoxy) is 1. The Morgan fingerprint density at radius 1 is 1.32 bits per heavy atom. The van der Waals surface area contributed by atoms with Crippen molar-refractivity contribution in [2.45, 2.75) is 32.2 Å². The molecule has 0 bridgehead atoms. The molecule has 0 amide bonds. The first-order valence-electron chi connectivity index (χ1n) is 7.10. The number of hydrogen-bond donors (Lipinski definition) is 1. The average Bonchev–Trinajstić information content (AvgIpc) is 2.48. The van der Waals surface area contributed by atoms with Gasteiger partial charge in [-0.15, -0.1) is 11.6 Å². The molecule has 0 spiro atoms. The van der Waals surface area contributed by atoms with E-state index in [1.165, 1.54) is 25.7 Å². The van der Waals surface area contributed by atoms with Crippen molar-refractivity contribution < 1.29 is 4.74 Å². The molecule has 1 heterocycles. The minimum Gasteiger partial charge on any atom is -0.481 e. The van der Waals surface area contributed by atoms with Gasteiger partial charge in [0, 0.05) is 18.5 Å². The van der Waals surface area contributed by atoms with E-state index >= 15 is 0 Å². The van der Waals surface area contributed by atoms with Gasteiger partial charge in [0.05, 0.1) is 12.8 Å². The van der Waals surface area contributed by atoms with Gasteiger partial charge in [-0.1, -0.05) is 18.9 Å².